The van der Waals surface area contributed by atoms with Gasteiger partial charge in [0.25, 0.3) is 0 Å². The molecule has 1 N–H and O–H groups in total. The monoisotopic (exact) mass is 344 g/mol. The molecule has 0 radical (unpaired) electrons. The number of anilines is 4. The first-order chi connectivity index (χ1) is 12.6. The molecule has 2 aromatic carbocycles. The Labute approximate surface area is 154 Å². The number of aryl methyl sites for hydroxylation is 4. The first-order valence-electron chi connectivity index (χ1n) is 9.15. The second kappa shape index (κ2) is 6.79. The van der Waals surface area contributed by atoms with E-state index in [2.05, 4.69) is 77.6 Å². The van der Waals surface area contributed by atoms with Gasteiger partial charge in [-0.3, -0.25) is 0 Å². The smallest absolute Gasteiger partial charge is 0.229 e. The quantitative estimate of drug-likeness (QED) is 0.706. The normalized spacial score (nSPS) is 13.4. The third kappa shape index (κ3) is 3.27. The molecule has 1 aliphatic rings. The minimum absolute atomic E-state index is 0.648. The van der Waals surface area contributed by atoms with E-state index in [1.165, 1.54) is 22.4 Å². The molecule has 0 fully saturated rings. The summed E-state index contributed by atoms with van der Waals surface area (Å²) in [5.41, 5.74) is 7.11. The van der Waals surface area contributed by atoms with E-state index in [0.717, 1.165) is 36.6 Å². The lowest BCUT2D eigenvalue weighted by Crippen LogP contribution is -2.25. The van der Waals surface area contributed by atoms with Crippen LogP contribution < -0.4 is 10.2 Å². The minimum Gasteiger partial charge on any atom is -0.326 e. The van der Waals surface area contributed by atoms with Crippen molar-refractivity contribution in [3.05, 3.63) is 70.9 Å². The number of nitrogens with one attached hydrogen (secondary N) is 1. The van der Waals surface area contributed by atoms with Crippen molar-refractivity contribution in [3.8, 4) is 0 Å². The van der Waals surface area contributed by atoms with Crippen molar-refractivity contribution in [1.82, 2.24) is 9.97 Å². The van der Waals surface area contributed by atoms with E-state index in [-0.39, 0.29) is 0 Å². The maximum absolute atomic E-state index is 4.82. The molecule has 0 aliphatic carbocycles. The Hall–Kier alpha value is -2.88. The standard InChI is InChI=1S/C22H24N4/c1-15-10-11-19(16(2)13-15)24-22-23-17(3)14-21(25-22)26-12-6-8-18-7-4-5-9-20(18)26/h4-5,7,9-11,13-14H,6,8,12H2,1-3H3,(H,23,24,25). The Balaban J connectivity index is 1.69. The second-order valence-corrected chi connectivity index (χ2v) is 7.02. The summed E-state index contributed by atoms with van der Waals surface area (Å²) >= 11 is 0. The highest BCUT2D eigenvalue weighted by molar-refractivity contribution is 5.67. The predicted octanol–water partition coefficient (Wildman–Crippen LogP) is 5.23. The van der Waals surface area contributed by atoms with E-state index in [9.17, 15) is 0 Å². The number of hydrogen-bond donors (Lipinski definition) is 1. The maximum atomic E-state index is 4.82. The fourth-order valence-corrected chi connectivity index (χ4v) is 3.59. The molecule has 0 unspecified atom stereocenters. The Morgan fingerprint density at radius 1 is 0.962 bits per heavy atom. The molecule has 0 bridgehead atoms. The van der Waals surface area contributed by atoms with Crippen LogP contribution in [0.4, 0.5) is 23.1 Å². The van der Waals surface area contributed by atoms with E-state index in [1.807, 2.05) is 6.92 Å². The number of fused-ring (bicyclic) bond motifs is 1. The van der Waals surface area contributed by atoms with Crippen molar-refractivity contribution in [3.63, 3.8) is 0 Å². The molecule has 2 heterocycles. The number of hydrogen-bond acceptors (Lipinski definition) is 4. The van der Waals surface area contributed by atoms with Crippen LogP contribution in [-0.2, 0) is 6.42 Å². The lowest BCUT2D eigenvalue weighted by Gasteiger charge is -2.30. The Bertz CT molecular complexity index is 949. The lowest BCUT2D eigenvalue weighted by molar-refractivity contribution is 0.758. The highest BCUT2D eigenvalue weighted by atomic mass is 15.2. The molecule has 4 heteroatoms. The summed E-state index contributed by atoms with van der Waals surface area (Å²) in [5.74, 6) is 1.60. The summed E-state index contributed by atoms with van der Waals surface area (Å²) in [5, 5.41) is 3.39. The average Bonchev–Trinajstić information content (AvgIpc) is 2.63. The van der Waals surface area contributed by atoms with Gasteiger partial charge in [0.15, 0.2) is 0 Å². The molecule has 0 saturated carbocycles. The van der Waals surface area contributed by atoms with Gasteiger partial charge in [0.1, 0.15) is 5.82 Å². The predicted molar refractivity (Wildman–Crippen MR) is 108 cm³/mol. The molecule has 1 aromatic heterocycles. The van der Waals surface area contributed by atoms with Gasteiger partial charge in [-0.2, -0.15) is 4.98 Å². The highest BCUT2D eigenvalue weighted by Gasteiger charge is 2.19. The summed E-state index contributed by atoms with van der Waals surface area (Å²) in [6, 6.07) is 17.0. The molecule has 0 atom stereocenters. The van der Waals surface area contributed by atoms with Crippen molar-refractivity contribution in [2.45, 2.75) is 33.6 Å². The molecule has 4 rings (SSSR count). The third-order valence-corrected chi connectivity index (χ3v) is 4.86. The summed E-state index contributed by atoms with van der Waals surface area (Å²) in [4.78, 5) is 11.7. The average molecular weight is 344 g/mol. The summed E-state index contributed by atoms with van der Waals surface area (Å²) in [6.07, 6.45) is 2.27. The van der Waals surface area contributed by atoms with E-state index < -0.39 is 0 Å². The first-order valence-corrected chi connectivity index (χ1v) is 9.15. The zero-order valence-corrected chi connectivity index (χ0v) is 15.6. The maximum Gasteiger partial charge on any atom is 0.229 e. The Kier molecular flexibility index (Phi) is 4.33. The Morgan fingerprint density at radius 2 is 1.81 bits per heavy atom. The van der Waals surface area contributed by atoms with Crippen molar-refractivity contribution in [2.24, 2.45) is 0 Å². The fourth-order valence-electron chi connectivity index (χ4n) is 3.59. The van der Waals surface area contributed by atoms with Crippen LogP contribution in [0.2, 0.25) is 0 Å². The van der Waals surface area contributed by atoms with Gasteiger partial charge >= 0.3 is 0 Å². The van der Waals surface area contributed by atoms with Crippen molar-refractivity contribution >= 4 is 23.1 Å². The van der Waals surface area contributed by atoms with Crippen LogP contribution in [0.3, 0.4) is 0 Å². The number of rotatable bonds is 3. The molecule has 3 aromatic rings. The van der Waals surface area contributed by atoms with Crippen LogP contribution in [0.25, 0.3) is 0 Å². The highest BCUT2D eigenvalue weighted by Crippen LogP contribution is 2.33. The van der Waals surface area contributed by atoms with Gasteiger partial charge in [-0.15, -0.1) is 0 Å². The number of aromatic nitrogens is 2. The van der Waals surface area contributed by atoms with Gasteiger partial charge in [0, 0.05) is 29.7 Å². The number of nitrogens with zero attached hydrogens (tertiary/aromatic N) is 3. The first kappa shape index (κ1) is 16.6. The number of benzene rings is 2. The van der Waals surface area contributed by atoms with Crippen LogP contribution in [0.5, 0.6) is 0 Å². The minimum atomic E-state index is 0.648. The largest absolute Gasteiger partial charge is 0.326 e. The summed E-state index contributed by atoms with van der Waals surface area (Å²) in [7, 11) is 0. The van der Waals surface area contributed by atoms with Gasteiger partial charge in [-0.25, -0.2) is 4.98 Å². The summed E-state index contributed by atoms with van der Waals surface area (Å²) < 4.78 is 0. The zero-order valence-electron chi connectivity index (χ0n) is 15.6. The van der Waals surface area contributed by atoms with E-state index in [1.54, 1.807) is 0 Å². The van der Waals surface area contributed by atoms with Gasteiger partial charge in [-0.05, 0) is 56.9 Å². The van der Waals surface area contributed by atoms with Crippen molar-refractivity contribution in [2.75, 3.05) is 16.8 Å². The SMILES string of the molecule is Cc1ccc(Nc2nc(C)cc(N3CCCc4ccccc43)n2)c(C)c1. The molecule has 1 aliphatic heterocycles. The topological polar surface area (TPSA) is 41.1 Å². The lowest BCUT2D eigenvalue weighted by atomic mass is 10.0. The number of para-hydroxylation sites is 1. The molecular weight excluding hydrogens is 320 g/mol. The fraction of sp³-hybridized carbons (Fsp3) is 0.273. The van der Waals surface area contributed by atoms with Crippen molar-refractivity contribution < 1.29 is 0 Å². The van der Waals surface area contributed by atoms with Crippen LogP contribution in [-0.4, -0.2) is 16.5 Å². The van der Waals surface area contributed by atoms with Gasteiger partial charge in [0.05, 0.1) is 0 Å². The molecule has 132 valence electrons. The molecule has 0 amide bonds. The Morgan fingerprint density at radius 3 is 2.65 bits per heavy atom. The van der Waals surface area contributed by atoms with Gasteiger partial charge < -0.3 is 10.2 Å². The second-order valence-electron chi connectivity index (χ2n) is 7.02. The van der Waals surface area contributed by atoms with Crippen molar-refractivity contribution in [1.29, 1.82) is 0 Å². The van der Waals surface area contributed by atoms with E-state index >= 15 is 0 Å². The molecule has 26 heavy (non-hydrogen) atoms. The molecule has 4 nitrogen and oxygen atoms in total. The van der Waals surface area contributed by atoms with E-state index in [0.29, 0.717) is 5.95 Å². The third-order valence-electron chi connectivity index (χ3n) is 4.86. The zero-order chi connectivity index (χ0) is 18.1. The van der Waals surface area contributed by atoms with Crippen LogP contribution >= 0.6 is 0 Å². The van der Waals surface area contributed by atoms with E-state index in [4.69, 9.17) is 4.98 Å². The van der Waals surface area contributed by atoms with Gasteiger partial charge in [-0.1, -0.05) is 35.9 Å². The van der Waals surface area contributed by atoms with Crippen LogP contribution in [0, 0.1) is 20.8 Å². The van der Waals surface area contributed by atoms with Gasteiger partial charge in [0.2, 0.25) is 5.95 Å². The summed E-state index contributed by atoms with van der Waals surface area (Å²) in [6.45, 7) is 7.21. The molecule has 0 spiro atoms. The van der Waals surface area contributed by atoms with Crippen LogP contribution in [0.15, 0.2) is 48.5 Å². The molecular formula is C22H24N4. The van der Waals surface area contributed by atoms with Crippen LogP contribution in [0.1, 0.15) is 28.8 Å². The molecule has 0 saturated heterocycles.